The topological polar surface area (TPSA) is 176 Å². The number of carbonyl (C=O) groups is 5. The number of sulfonamides is 1. The molecule has 12 heteroatoms. The lowest BCUT2D eigenvalue weighted by Gasteiger charge is -2.36. The third kappa shape index (κ3) is 7.83. The Balaban J connectivity index is 1.32. The standard InChI is InChI=1S/C34H45N3O8S/c1-21(2)26(17-30(40)35-14-12-22-9-10-23-7-5-6-8-24(23)15-22)32(43)37-27(18-31(41)42)28(38)19-36-46(44,45)20-34-13-11-25(16-29(34)39)33(34,3)4/h5-10,15,21,25-27,36H,11-14,16-20H2,1-4H3,(H,35,40)(H,37,43)(H,41,42). The van der Waals surface area contributed by atoms with Gasteiger partial charge in [0.15, 0.2) is 5.78 Å². The maximum atomic E-state index is 13.2. The molecular weight excluding hydrogens is 610 g/mol. The monoisotopic (exact) mass is 655 g/mol. The molecule has 11 nitrogen and oxygen atoms in total. The normalized spacial score (nSPS) is 21.7. The van der Waals surface area contributed by atoms with Gasteiger partial charge in [0, 0.05) is 30.7 Å². The van der Waals surface area contributed by atoms with Gasteiger partial charge in [-0.1, -0.05) is 70.2 Å². The molecule has 4 N–H and O–H groups in total. The quantitative estimate of drug-likeness (QED) is 0.213. The Kier molecular flexibility index (Phi) is 10.7. The largest absolute Gasteiger partial charge is 0.481 e. The van der Waals surface area contributed by atoms with E-state index in [2.05, 4.69) is 21.4 Å². The Morgan fingerprint density at radius 2 is 1.72 bits per heavy atom. The Morgan fingerprint density at radius 3 is 2.33 bits per heavy atom. The smallest absolute Gasteiger partial charge is 0.305 e. The summed E-state index contributed by atoms with van der Waals surface area (Å²) < 4.78 is 28.4. The molecule has 0 aromatic heterocycles. The number of Topliss-reactive ketones (excluding diaryl/α,β-unsaturated/α-hetero) is 2. The summed E-state index contributed by atoms with van der Waals surface area (Å²) in [7, 11) is -4.09. The van der Waals surface area contributed by atoms with Gasteiger partial charge in [-0.15, -0.1) is 0 Å². The van der Waals surface area contributed by atoms with Crippen LogP contribution in [-0.2, 0) is 40.4 Å². The van der Waals surface area contributed by atoms with Gasteiger partial charge in [-0.3, -0.25) is 24.0 Å². The number of hydrogen-bond donors (Lipinski definition) is 4. The van der Waals surface area contributed by atoms with Crippen LogP contribution in [0.4, 0.5) is 0 Å². The van der Waals surface area contributed by atoms with E-state index in [1.165, 1.54) is 0 Å². The van der Waals surface area contributed by atoms with Gasteiger partial charge in [-0.25, -0.2) is 13.1 Å². The summed E-state index contributed by atoms with van der Waals surface area (Å²) in [5.74, 6) is -4.80. The summed E-state index contributed by atoms with van der Waals surface area (Å²) in [6.07, 6.45) is 1.23. The number of carboxylic acid groups (broad SMARTS) is 1. The summed E-state index contributed by atoms with van der Waals surface area (Å²) in [4.78, 5) is 63.5. The van der Waals surface area contributed by atoms with E-state index < -0.39 is 69.2 Å². The van der Waals surface area contributed by atoms with Gasteiger partial charge in [0.2, 0.25) is 21.8 Å². The minimum atomic E-state index is -4.09. The summed E-state index contributed by atoms with van der Waals surface area (Å²) in [5, 5.41) is 16.9. The Morgan fingerprint density at radius 1 is 1.02 bits per heavy atom. The predicted molar refractivity (Wildman–Crippen MR) is 173 cm³/mol. The van der Waals surface area contributed by atoms with Gasteiger partial charge in [-0.2, -0.15) is 0 Å². The van der Waals surface area contributed by atoms with Crippen LogP contribution in [-0.4, -0.2) is 67.8 Å². The second kappa shape index (κ2) is 14.0. The van der Waals surface area contributed by atoms with E-state index >= 15 is 0 Å². The van der Waals surface area contributed by atoms with Crippen LogP contribution in [0.25, 0.3) is 10.8 Å². The first-order chi connectivity index (χ1) is 21.5. The number of ketones is 2. The fourth-order valence-corrected chi connectivity index (χ4v) is 8.92. The van der Waals surface area contributed by atoms with Gasteiger partial charge in [0.25, 0.3) is 0 Å². The molecule has 46 heavy (non-hydrogen) atoms. The molecule has 0 aliphatic heterocycles. The molecule has 2 bridgehead atoms. The number of fused-ring (bicyclic) bond motifs is 3. The molecule has 4 atom stereocenters. The number of amides is 2. The van der Waals surface area contributed by atoms with Gasteiger partial charge in [0.05, 0.1) is 24.8 Å². The number of nitrogens with one attached hydrogen (secondary N) is 3. The number of carboxylic acids is 1. The van der Waals surface area contributed by atoms with Gasteiger partial charge in [0.1, 0.15) is 5.78 Å². The molecule has 2 saturated carbocycles. The van der Waals surface area contributed by atoms with Crippen LogP contribution in [0, 0.1) is 28.6 Å². The van der Waals surface area contributed by atoms with E-state index in [4.69, 9.17) is 0 Å². The average molecular weight is 656 g/mol. The first-order valence-electron chi connectivity index (χ1n) is 15.8. The van der Waals surface area contributed by atoms with Crippen LogP contribution in [0.2, 0.25) is 0 Å². The summed E-state index contributed by atoms with van der Waals surface area (Å²) in [6, 6.07) is 12.5. The molecule has 0 saturated heterocycles. The van der Waals surface area contributed by atoms with Crippen molar-refractivity contribution in [2.24, 2.45) is 28.6 Å². The number of hydrogen-bond acceptors (Lipinski definition) is 7. The SMILES string of the molecule is CC(C)C(CC(=O)NCCc1ccc2ccccc2c1)C(=O)NC(CC(=O)O)C(=O)CNS(=O)(=O)CC12CCC(CC1=O)C2(C)C. The number of benzene rings is 2. The van der Waals surface area contributed by atoms with Crippen molar-refractivity contribution in [2.75, 3.05) is 18.8 Å². The van der Waals surface area contributed by atoms with Crippen LogP contribution in [0.5, 0.6) is 0 Å². The molecule has 4 rings (SSSR count). The Hall–Kier alpha value is -3.64. The van der Waals surface area contributed by atoms with Gasteiger partial charge >= 0.3 is 5.97 Å². The molecule has 2 fully saturated rings. The highest BCUT2D eigenvalue weighted by atomic mass is 32.2. The number of carbonyl (C=O) groups excluding carboxylic acids is 4. The fourth-order valence-electron chi connectivity index (χ4n) is 7.13. The predicted octanol–water partition coefficient (Wildman–Crippen LogP) is 3.00. The molecule has 2 aromatic carbocycles. The Labute approximate surface area is 270 Å². The summed E-state index contributed by atoms with van der Waals surface area (Å²) >= 11 is 0. The molecule has 4 unspecified atom stereocenters. The van der Waals surface area contributed by atoms with Crippen molar-refractivity contribution in [1.82, 2.24) is 15.4 Å². The van der Waals surface area contributed by atoms with E-state index in [1.54, 1.807) is 13.8 Å². The lowest BCUT2D eigenvalue weighted by atomic mass is 9.70. The zero-order valence-corrected chi connectivity index (χ0v) is 27.7. The molecule has 0 spiro atoms. The lowest BCUT2D eigenvalue weighted by molar-refractivity contribution is -0.141. The number of aliphatic carboxylic acids is 1. The Bertz CT molecular complexity index is 1620. The van der Waals surface area contributed by atoms with Crippen molar-refractivity contribution in [3.63, 3.8) is 0 Å². The van der Waals surface area contributed by atoms with Crippen molar-refractivity contribution in [1.29, 1.82) is 0 Å². The van der Waals surface area contributed by atoms with E-state index in [1.807, 2.05) is 50.2 Å². The van der Waals surface area contributed by atoms with E-state index in [9.17, 15) is 37.5 Å². The van der Waals surface area contributed by atoms with Crippen molar-refractivity contribution in [2.45, 2.75) is 72.3 Å². The van der Waals surface area contributed by atoms with Crippen molar-refractivity contribution >= 4 is 50.1 Å². The molecule has 250 valence electrons. The lowest BCUT2D eigenvalue weighted by Crippen LogP contribution is -2.51. The highest BCUT2D eigenvalue weighted by Gasteiger charge is 2.65. The molecule has 2 aliphatic rings. The average Bonchev–Trinajstić information content (AvgIpc) is 3.32. The molecule has 0 radical (unpaired) electrons. The third-order valence-electron chi connectivity index (χ3n) is 10.2. The third-order valence-corrected chi connectivity index (χ3v) is 11.7. The second-order valence-electron chi connectivity index (χ2n) is 13.7. The molecule has 0 heterocycles. The van der Waals surface area contributed by atoms with Crippen LogP contribution in [0.3, 0.4) is 0 Å². The molecule has 2 amide bonds. The first kappa shape index (κ1) is 35.2. The highest BCUT2D eigenvalue weighted by Crippen LogP contribution is 2.64. The van der Waals surface area contributed by atoms with Crippen LogP contribution >= 0.6 is 0 Å². The fraction of sp³-hybridized carbons (Fsp3) is 0.559. The molecule has 2 aliphatic carbocycles. The second-order valence-corrected chi connectivity index (χ2v) is 15.5. The molecule has 2 aromatic rings. The van der Waals surface area contributed by atoms with Crippen LogP contribution in [0.15, 0.2) is 42.5 Å². The van der Waals surface area contributed by atoms with Gasteiger partial charge in [-0.05, 0) is 52.8 Å². The number of rotatable bonds is 16. The van der Waals surface area contributed by atoms with E-state index in [-0.39, 0.29) is 29.9 Å². The van der Waals surface area contributed by atoms with Gasteiger partial charge < -0.3 is 15.7 Å². The van der Waals surface area contributed by atoms with Crippen molar-refractivity contribution in [3.8, 4) is 0 Å². The minimum Gasteiger partial charge on any atom is -0.481 e. The molecular formula is C34H45N3O8S. The maximum absolute atomic E-state index is 13.2. The minimum absolute atomic E-state index is 0.0843. The zero-order chi connectivity index (χ0) is 33.9. The van der Waals surface area contributed by atoms with Crippen molar-refractivity contribution < 1.29 is 37.5 Å². The van der Waals surface area contributed by atoms with Crippen LogP contribution in [0.1, 0.15) is 65.4 Å². The van der Waals surface area contributed by atoms with E-state index in [0.717, 1.165) is 22.8 Å². The van der Waals surface area contributed by atoms with Crippen LogP contribution < -0.4 is 15.4 Å². The highest BCUT2D eigenvalue weighted by molar-refractivity contribution is 7.89. The van der Waals surface area contributed by atoms with E-state index in [0.29, 0.717) is 25.8 Å². The summed E-state index contributed by atoms with van der Waals surface area (Å²) in [6.45, 7) is 6.92. The first-order valence-corrected chi connectivity index (χ1v) is 17.5. The zero-order valence-electron chi connectivity index (χ0n) is 26.9. The van der Waals surface area contributed by atoms with Crippen molar-refractivity contribution in [3.05, 3.63) is 48.0 Å². The summed E-state index contributed by atoms with van der Waals surface area (Å²) in [5.41, 5.74) is -0.465. The maximum Gasteiger partial charge on any atom is 0.305 e.